The van der Waals surface area contributed by atoms with Crippen molar-refractivity contribution in [2.45, 2.75) is 5.16 Å². The van der Waals surface area contributed by atoms with Crippen LogP contribution in [0.2, 0.25) is 0 Å². The lowest BCUT2D eigenvalue weighted by Crippen LogP contribution is -2.00. The monoisotopic (exact) mass is 274 g/mol. The third-order valence-corrected chi connectivity index (χ3v) is 3.08. The fourth-order valence-corrected chi connectivity index (χ4v) is 2.08. The molecule has 0 amide bonds. The van der Waals surface area contributed by atoms with Gasteiger partial charge in [-0.1, -0.05) is 29.7 Å². The van der Waals surface area contributed by atoms with Crippen LogP contribution < -0.4 is 4.74 Å². The van der Waals surface area contributed by atoms with Crippen LogP contribution in [0.4, 0.5) is 0 Å². The molecule has 19 heavy (non-hydrogen) atoms. The number of hydrogen-bond donors (Lipinski definition) is 2. The molecule has 0 saturated heterocycles. The second kappa shape index (κ2) is 7.52. The fourth-order valence-electron chi connectivity index (χ4n) is 1.43. The van der Waals surface area contributed by atoms with Gasteiger partial charge in [-0.25, -0.2) is 4.98 Å². The number of thioether (sulfide) groups is 1. The third-order valence-electron chi connectivity index (χ3n) is 2.21. The maximum Gasteiger partial charge on any atom is 0.165 e. The van der Waals surface area contributed by atoms with Gasteiger partial charge in [-0.15, -0.1) is 0 Å². The Labute approximate surface area is 116 Å². The largest absolute Gasteiger partial charge is 0.493 e. The molecular weight excluding hydrogens is 260 g/mol. The highest BCUT2D eigenvalue weighted by atomic mass is 32.2. The molecule has 1 aromatic carbocycles. The van der Waals surface area contributed by atoms with Gasteiger partial charge in [-0.3, -0.25) is 0 Å². The Morgan fingerprint density at radius 2 is 2.37 bits per heavy atom. The Balaban J connectivity index is 1.79. The minimum absolute atomic E-state index is 0.134. The van der Waals surface area contributed by atoms with Gasteiger partial charge in [0.1, 0.15) is 12.4 Å². The summed E-state index contributed by atoms with van der Waals surface area (Å²) in [4.78, 5) is 7.14. The molecule has 0 fully saturated rings. The lowest BCUT2D eigenvalue weighted by atomic mass is 10.2. The lowest BCUT2D eigenvalue weighted by Gasteiger charge is -2.05. The highest BCUT2D eigenvalue weighted by molar-refractivity contribution is 7.99. The number of benzene rings is 1. The van der Waals surface area contributed by atoms with Gasteiger partial charge in [0.2, 0.25) is 0 Å². The Kier molecular flexibility index (Phi) is 5.35. The van der Waals surface area contributed by atoms with Crippen LogP contribution in [-0.4, -0.2) is 34.0 Å². The second-order valence-electron chi connectivity index (χ2n) is 3.58. The number of aromatic nitrogens is 2. The zero-order valence-corrected chi connectivity index (χ0v) is 11.1. The topological polar surface area (TPSA) is 58.1 Å². The summed E-state index contributed by atoms with van der Waals surface area (Å²) in [5.74, 6) is 7.06. The molecule has 2 aromatic rings. The van der Waals surface area contributed by atoms with Gasteiger partial charge in [0.05, 0.1) is 6.61 Å². The van der Waals surface area contributed by atoms with Crippen LogP contribution in [0.5, 0.6) is 5.75 Å². The van der Waals surface area contributed by atoms with Crippen molar-refractivity contribution in [1.29, 1.82) is 0 Å². The van der Waals surface area contributed by atoms with Gasteiger partial charge in [0.15, 0.2) is 5.16 Å². The van der Waals surface area contributed by atoms with Crippen LogP contribution >= 0.6 is 11.8 Å². The molecule has 98 valence electrons. The molecule has 2 rings (SSSR count). The van der Waals surface area contributed by atoms with Crippen molar-refractivity contribution >= 4 is 11.8 Å². The van der Waals surface area contributed by atoms with E-state index in [1.165, 1.54) is 0 Å². The van der Waals surface area contributed by atoms with Crippen LogP contribution in [0, 0.1) is 11.8 Å². The zero-order valence-electron chi connectivity index (χ0n) is 10.3. The number of ether oxygens (including phenoxy) is 1. The maximum absolute atomic E-state index is 8.64. The van der Waals surface area contributed by atoms with Crippen molar-refractivity contribution in [2.24, 2.45) is 0 Å². The molecule has 0 saturated carbocycles. The number of aromatic amines is 1. The summed E-state index contributed by atoms with van der Waals surface area (Å²) >= 11 is 1.61. The number of nitrogens with one attached hydrogen (secondary N) is 1. The number of H-pyrrole nitrogens is 1. The van der Waals surface area contributed by atoms with Gasteiger partial charge in [-0.2, -0.15) is 0 Å². The third kappa shape index (κ3) is 4.70. The molecule has 1 aromatic heterocycles. The van der Waals surface area contributed by atoms with Crippen LogP contribution in [0.15, 0.2) is 41.8 Å². The van der Waals surface area contributed by atoms with Crippen LogP contribution in [-0.2, 0) is 0 Å². The number of aliphatic hydroxyl groups excluding tert-OH is 1. The van der Waals surface area contributed by atoms with Crippen molar-refractivity contribution < 1.29 is 9.84 Å². The SMILES string of the molecule is OCC#Cc1cccc(OCCSc2ncc[nH]2)c1. The smallest absolute Gasteiger partial charge is 0.165 e. The molecule has 0 spiro atoms. The van der Waals surface area contributed by atoms with Gasteiger partial charge in [0, 0.05) is 23.7 Å². The normalized spacial score (nSPS) is 9.74. The van der Waals surface area contributed by atoms with Gasteiger partial charge >= 0.3 is 0 Å². The summed E-state index contributed by atoms with van der Waals surface area (Å²) in [7, 11) is 0. The first-order valence-corrected chi connectivity index (χ1v) is 6.82. The quantitative estimate of drug-likeness (QED) is 0.497. The molecule has 5 heteroatoms. The average molecular weight is 274 g/mol. The number of hydrogen-bond acceptors (Lipinski definition) is 4. The van der Waals surface area contributed by atoms with E-state index in [9.17, 15) is 0 Å². The number of rotatable bonds is 5. The molecule has 2 N–H and O–H groups in total. The molecule has 0 aliphatic heterocycles. The van der Waals surface area contributed by atoms with E-state index in [1.807, 2.05) is 24.3 Å². The number of imidazole rings is 1. The van der Waals surface area contributed by atoms with E-state index in [4.69, 9.17) is 9.84 Å². The van der Waals surface area contributed by atoms with Gasteiger partial charge in [-0.05, 0) is 18.2 Å². The first-order valence-electron chi connectivity index (χ1n) is 5.83. The summed E-state index contributed by atoms with van der Waals surface area (Å²) in [5.41, 5.74) is 0.838. The Hall–Kier alpha value is -1.90. The second-order valence-corrected chi connectivity index (χ2v) is 4.66. The fraction of sp³-hybridized carbons (Fsp3) is 0.214. The Bertz CT molecular complexity index is 558. The van der Waals surface area contributed by atoms with Crippen LogP contribution in [0.3, 0.4) is 0 Å². The predicted octanol–water partition coefficient (Wildman–Crippen LogP) is 1.92. The molecule has 0 atom stereocenters. The first kappa shape index (κ1) is 13.5. The molecule has 0 aliphatic rings. The van der Waals surface area contributed by atoms with Crippen molar-refractivity contribution in [3.05, 3.63) is 42.2 Å². The van der Waals surface area contributed by atoms with Crippen molar-refractivity contribution in [2.75, 3.05) is 19.0 Å². The lowest BCUT2D eigenvalue weighted by molar-refractivity contribution is 0.343. The van der Waals surface area contributed by atoms with Crippen LogP contribution in [0.1, 0.15) is 5.56 Å². The van der Waals surface area contributed by atoms with E-state index in [-0.39, 0.29) is 6.61 Å². The summed E-state index contributed by atoms with van der Waals surface area (Å²) in [5, 5.41) is 9.54. The highest BCUT2D eigenvalue weighted by Crippen LogP contribution is 2.15. The first-order chi connectivity index (χ1) is 9.38. The molecule has 0 bridgehead atoms. The van der Waals surface area contributed by atoms with Crippen molar-refractivity contribution in [3.8, 4) is 17.6 Å². The molecule has 1 heterocycles. The van der Waals surface area contributed by atoms with Gasteiger partial charge < -0.3 is 14.8 Å². The van der Waals surface area contributed by atoms with Crippen molar-refractivity contribution in [3.63, 3.8) is 0 Å². The summed E-state index contributed by atoms with van der Waals surface area (Å²) in [6.45, 7) is 0.465. The van der Waals surface area contributed by atoms with Crippen molar-refractivity contribution in [1.82, 2.24) is 9.97 Å². The molecule has 0 radical (unpaired) electrons. The minimum Gasteiger partial charge on any atom is -0.493 e. The van der Waals surface area contributed by atoms with Gasteiger partial charge in [0.25, 0.3) is 0 Å². The molecule has 0 aliphatic carbocycles. The van der Waals surface area contributed by atoms with E-state index in [2.05, 4.69) is 21.8 Å². The number of nitrogens with zero attached hydrogens (tertiary/aromatic N) is 1. The van der Waals surface area contributed by atoms with E-state index in [0.29, 0.717) is 6.61 Å². The molecule has 0 unspecified atom stereocenters. The van der Waals surface area contributed by atoms with E-state index in [1.54, 1.807) is 24.2 Å². The highest BCUT2D eigenvalue weighted by Gasteiger charge is 1.98. The standard InChI is InChI=1S/C14H14N2O2S/c17-8-2-4-12-3-1-5-13(11-12)18-9-10-19-14-15-6-7-16-14/h1,3,5-7,11,17H,8-10H2,(H,15,16). The van der Waals surface area contributed by atoms with E-state index in [0.717, 1.165) is 22.2 Å². The predicted molar refractivity (Wildman–Crippen MR) is 75.2 cm³/mol. The zero-order chi connectivity index (χ0) is 13.3. The summed E-state index contributed by atoms with van der Waals surface area (Å²) in [6, 6.07) is 7.52. The average Bonchev–Trinajstić information content (AvgIpc) is 2.95. The Morgan fingerprint density at radius 3 is 3.16 bits per heavy atom. The van der Waals surface area contributed by atoms with Crippen LogP contribution in [0.25, 0.3) is 0 Å². The number of aliphatic hydroxyl groups is 1. The molecule has 4 nitrogen and oxygen atoms in total. The van der Waals surface area contributed by atoms with E-state index < -0.39 is 0 Å². The minimum atomic E-state index is -0.134. The maximum atomic E-state index is 8.64. The summed E-state index contributed by atoms with van der Waals surface area (Å²) in [6.07, 6.45) is 3.53. The van der Waals surface area contributed by atoms with E-state index >= 15 is 0 Å². The summed E-state index contributed by atoms with van der Waals surface area (Å²) < 4.78 is 5.63. The molecular formula is C14H14N2O2S. The Morgan fingerprint density at radius 1 is 1.42 bits per heavy atom.